The molecule has 0 radical (unpaired) electrons. The lowest BCUT2D eigenvalue weighted by atomic mass is 9.89. The van der Waals surface area contributed by atoms with Crippen molar-refractivity contribution in [1.29, 1.82) is 0 Å². The first-order chi connectivity index (χ1) is 8.77. The highest BCUT2D eigenvalue weighted by Crippen LogP contribution is 2.66. The molecule has 3 nitrogen and oxygen atoms in total. The normalized spacial score (nSPS) is 38.4. The van der Waals surface area contributed by atoms with Crippen molar-refractivity contribution >= 4 is 11.6 Å². The number of fused-ring (bicyclic) bond motifs is 7. The lowest BCUT2D eigenvalue weighted by molar-refractivity contribution is -0.114. The first-order valence-corrected chi connectivity index (χ1v) is 6.87. The molecule has 2 fully saturated rings. The van der Waals surface area contributed by atoms with Crippen molar-refractivity contribution in [3.8, 4) is 0 Å². The quantitative estimate of drug-likeness (QED) is 0.690. The molecule has 4 unspecified atom stereocenters. The zero-order valence-electron chi connectivity index (χ0n) is 9.98. The van der Waals surface area contributed by atoms with E-state index < -0.39 is 0 Å². The second kappa shape index (κ2) is 2.73. The van der Waals surface area contributed by atoms with Crippen LogP contribution in [0.5, 0.6) is 0 Å². The molecule has 18 heavy (non-hydrogen) atoms. The third kappa shape index (κ3) is 0.922. The van der Waals surface area contributed by atoms with E-state index in [-0.39, 0.29) is 35.2 Å². The van der Waals surface area contributed by atoms with E-state index in [1.165, 1.54) is 24.1 Å². The summed E-state index contributed by atoms with van der Waals surface area (Å²) in [6.45, 7) is 0. The molecule has 1 aromatic heterocycles. The number of carbonyl (C=O) groups excluding carboxylic acids is 2. The van der Waals surface area contributed by atoms with Crippen LogP contribution < -0.4 is 0 Å². The van der Waals surface area contributed by atoms with E-state index in [1.54, 1.807) is 0 Å². The van der Waals surface area contributed by atoms with Crippen LogP contribution in [0.3, 0.4) is 0 Å². The maximum atomic E-state index is 11.9. The molecule has 0 amide bonds. The molecule has 90 valence electrons. The number of hydrogen-bond acceptors (Lipinski definition) is 3. The van der Waals surface area contributed by atoms with E-state index in [0.29, 0.717) is 0 Å². The third-order valence-corrected chi connectivity index (χ3v) is 5.15. The van der Waals surface area contributed by atoms with Crippen molar-refractivity contribution in [2.75, 3.05) is 0 Å². The van der Waals surface area contributed by atoms with E-state index in [9.17, 15) is 9.59 Å². The Balaban J connectivity index is 1.74. The standard InChI is InChI=1S/C15H13NO2/c17-14-9-7-5-6-3-1-2-4-8(6)16-13(7)12-11(10(9)14)15(12)18/h5,9-12H,1-4H2. The SMILES string of the molecule is O=C1C2c3cc4c(nc3C3C(=O)C3C12)CCCC4. The van der Waals surface area contributed by atoms with Gasteiger partial charge >= 0.3 is 0 Å². The number of aryl methyl sites for hydroxylation is 2. The molecule has 0 N–H and O–H groups in total. The molecule has 1 heterocycles. The highest BCUT2D eigenvalue weighted by molar-refractivity contribution is 6.18. The molecule has 4 aliphatic rings. The fraction of sp³-hybridized carbons (Fsp3) is 0.533. The lowest BCUT2D eigenvalue weighted by Crippen LogP contribution is -2.12. The first kappa shape index (κ1) is 9.42. The summed E-state index contributed by atoms with van der Waals surface area (Å²) in [6, 6.07) is 2.20. The second-order valence-corrected chi connectivity index (χ2v) is 6.09. The molecule has 3 heteroatoms. The van der Waals surface area contributed by atoms with Gasteiger partial charge in [0, 0.05) is 17.5 Å². The summed E-state index contributed by atoms with van der Waals surface area (Å²) in [7, 11) is 0. The second-order valence-electron chi connectivity index (χ2n) is 6.09. The Labute approximate surface area is 105 Å². The van der Waals surface area contributed by atoms with Gasteiger partial charge in [-0.3, -0.25) is 14.6 Å². The number of rotatable bonds is 0. The highest BCUT2D eigenvalue weighted by Gasteiger charge is 2.72. The first-order valence-electron chi connectivity index (χ1n) is 6.87. The molecular weight excluding hydrogens is 226 g/mol. The number of aromatic nitrogens is 1. The van der Waals surface area contributed by atoms with Crippen LogP contribution in [-0.4, -0.2) is 16.6 Å². The van der Waals surface area contributed by atoms with Crippen molar-refractivity contribution in [3.05, 3.63) is 28.6 Å². The van der Waals surface area contributed by atoms with Gasteiger partial charge in [0.1, 0.15) is 11.6 Å². The van der Waals surface area contributed by atoms with Gasteiger partial charge in [-0.15, -0.1) is 0 Å². The Kier molecular flexibility index (Phi) is 1.43. The fourth-order valence-electron chi connectivity index (χ4n) is 4.10. The average Bonchev–Trinajstić information content (AvgIpc) is 3.25. The Bertz CT molecular complexity index is 579. The van der Waals surface area contributed by atoms with Gasteiger partial charge in [0.15, 0.2) is 0 Å². The summed E-state index contributed by atoms with van der Waals surface area (Å²) in [5, 5.41) is 0. The molecule has 4 atom stereocenters. The highest BCUT2D eigenvalue weighted by atomic mass is 16.2. The van der Waals surface area contributed by atoms with E-state index >= 15 is 0 Å². The summed E-state index contributed by atoms with van der Waals surface area (Å²) in [5.41, 5.74) is 4.56. The van der Waals surface area contributed by atoms with Crippen LogP contribution in [0.1, 0.15) is 47.2 Å². The van der Waals surface area contributed by atoms with E-state index in [2.05, 4.69) is 6.07 Å². The van der Waals surface area contributed by atoms with Crippen molar-refractivity contribution in [3.63, 3.8) is 0 Å². The van der Waals surface area contributed by atoms with E-state index in [1.807, 2.05) is 0 Å². The van der Waals surface area contributed by atoms with Gasteiger partial charge in [0.2, 0.25) is 0 Å². The zero-order valence-corrected chi connectivity index (χ0v) is 9.98. The molecule has 0 bridgehead atoms. The number of nitrogens with zero attached hydrogens (tertiary/aromatic N) is 1. The lowest BCUT2D eigenvalue weighted by Gasteiger charge is -2.19. The molecule has 0 aromatic carbocycles. The van der Waals surface area contributed by atoms with Crippen molar-refractivity contribution in [1.82, 2.24) is 4.98 Å². The summed E-state index contributed by atoms with van der Waals surface area (Å²) < 4.78 is 0. The molecule has 0 saturated heterocycles. The Morgan fingerprint density at radius 1 is 1.00 bits per heavy atom. The minimum atomic E-state index is -0.0278. The topological polar surface area (TPSA) is 47.0 Å². The predicted molar refractivity (Wildman–Crippen MR) is 63.4 cm³/mol. The molecule has 0 spiro atoms. The largest absolute Gasteiger partial charge is 0.299 e. The Hall–Kier alpha value is -1.51. The van der Waals surface area contributed by atoms with Crippen molar-refractivity contribution < 1.29 is 9.59 Å². The number of pyridine rings is 1. The average molecular weight is 239 g/mol. The molecular formula is C15H13NO2. The Morgan fingerprint density at radius 2 is 1.72 bits per heavy atom. The van der Waals surface area contributed by atoms with Crippen molar-refractivity contribution in [2.24, 2.45) is 11.8 Å². The van der Waals surface area contributed by atoms with E-state index in [0.717, 1.165) is 24.1 Å². The predicted octanol–water partition coefficient (Wildman–Crippen LogP) is 1.54. The maximum Gasteiger partial charge on any atom is 0.147 e. The van der Waals surface area contributed by atoms with Gasteiger partial charge in [-0.25, -0.2) is 0 Å². The summed E-state index contributed by atoms with van der Waals surface area (Å²) in [6.07, 6.45) is 4.55. The van der Waals surface area contributed by atoms with E-state index in [4.69, 9.17) is 4.98 Å². The van der Waals surface area contributed by atoms with Gasteiger partial charge in [0.25, 0.3) is 0 Å². The van der Waals surface area contributed by atoms with Gasteiger partial charge < -0.3 is 0 Å². The smallest absolute Gasteiger partial charge is 0.147 e. The number of hydrogen-bond donors (Lipinski definition) is 0. The van der Waals surface area contributed by atoms with Gasteiger partial charge in [-0.1, -0.05) is 6.07 Å². The third-order valence-electron chi connectivity index (χ3n) is 5.15. The summed E-state index contributed by atoms with van der Waals surface area (Å²) in [4.78, 5) is 28.5. The van der Waals surface area contributed by atoms with Crippen LogP contribution in [0.25, 0.3) is 0 Å². The van der Waals surface area contributed by atoms with Crippen LogP contribution in [-0.2, 0) is 22.4 Å². The van der Waals surface area contributed by atoms with Crippen LogP contribution in [0.4, 0.5) is 0 Å². The zero-order chi connectivity index (χ0) is 12.0. The molecule has 4 aliphatic carbocycles. The molecule has 2 saturated carbocycles. The van der Waals surface area contributed by atoms with Crippen LogP contribution in [0, 0.1) is 11.8 Å². The number of ketones is 2. The fourth-order valence-corrected chi connectivity index (χ4v) is 4.10. The van der Waals surface area contributed by atoms with Crippen molar-refractivity contribution in [2.45, 2.75) is 37.5 Å². The number of Topliss-reactive ketones (excluding diaryl/α,β-unsaturated/α-hetero) is 2. The van der Waals surface area contributed by atoms with Crippen LogP contribution >= 0.6 is 0 Å². The summed E-state index contributed by atoms with van der Waals surface area (Å²) >= 11 is 0. The molecule has 1 aromatic rings. The monoisotopic (exact) mass is 239 g/mol. The maximum absolute atomic E-state index is 11.9. The van der Waals surface area contributed by atoms with Crippen LogP contribution in [0.15, 0.2) is 6.07 Å². The minimum absolute atomic E-state index is 0.00383. The molecule has 5 rings (SSSR count). The van der Waals surface area contributed by atoms with Gasteiger partial charge in [-0.05, 0) is 36.8 Å². The van der Waals surface area contributed by atoms with Crippen LogP contribution in [0.2, 0.25) is 0 Å². The summed E-state index contributed by atoms with van der Waals surface area (Å²) in [5.74, 6) is 0.569. The minimum Gasteiger partial charge on any atom is -0.299 e. The molecule has 0 aliphatic heterocycles. The number of carbonyl (C=O) groups is 2. The Morgan fingerprint density at radius 3 is 2.61 bits per heavy atom. The van der Waals surface area contributed by atoms with Gasteiger partial charge in [-0.2, -0.15) is 0 Å². The van der Waals surface area contributed by atoms with Gasteiger partial charge in [0.05, 0.1) is 17.5 Å².